The molecule has 3 heterocycles. The number of carbonyl (C=O) groups is 1. The van der Waals surface area contributed by atoms with E-state index < -0.39 is 0 Å². The zero-order chi connectivity index (χ0) is 19.1. The van der Waals surface area contributed by atoms with Gasteiger partial charge in [0.1, 0.15) is 0 Å². The molecular formula is C21H19ClN4OS. The normalized spacial score (nSPS) is 15.5. The molecule has 0 unspecified atom stereocenters. The van der Waals surface area contributed by atoms with E-state index in [9.17, 15) is 4.79 Å². The van der Waals surface area contributed by atoms with Gasteiger partial charge in [0.05, 0.1) is 10.5 Å². The summed E-state index contributed by atoms with van der Waals surface area (Å²) in [7, 11) is 0. The van der Waals surface area contributed by atoms with Crippen LogP contribution >= 0.6 is 22.9 Å². The van der Waals surface area contributed by atoms with Gasteiger partial charge in [-0.1, -0.05) is 48.0 Å². The molecule has 5 rings (SSSR count). The van der Waals surface area contributed by atoms with E-state index in [2.05, 4.69) is 27.2 Å². The summed E-state index contributed by atoms with van der Waals surface area (Å²) in [4.78, 5) is 18.4. The highest BCUT2D eigenvalue weighted by atomic mass is 35.5. The summed E-state index contributed by atoms with van der Waals surface area (Å²) < 4.78 is 1.22. The van der Waals surface area contributed by atoms with Crippen LogP contribution in [0, 0.1) is 0 Å². The lowest BCUT2D eigenvalue weighted by atomic mass is 10.2. The lowest BCUT2D eigenvalue weighted by molar-refractivity contribution is 0.0626. The highest BCUT2D eigenvalue weighted by molar-refractivity contribution is 7.19. The zero-order valence-corrected chi connectivity index (χ0v) is 16.8. The predicted molar refractivity (Wildman–Crippen MR) is 114 cm³/mol. The van der Waals surface area contributed by atoms with Crippen molar-refractivity contribution in [2.24, 2.45) is 0 Å². The topological polar surface area (TPSA) is 52.2 Å². The Morgan fingerprint density at radius 3 is 2.54 bits per heavy atom. The Labute approximate surface area is 171 Å². The molecule has 1 aliphatic rings. The number of thiophene rings is 1. The Morgan fingerprint density at radius 2 is 1.75 bits per heavy atom. The molecule has 0 spiro atoms. The summed E-state index contributed by atoms with van der Waals surface area (Å²) in [5.41, 5.74) is 1.40. The Balaban J connectivity index is 1.27. The Bertz CT molecular complexity index is 1160. The summed E-state index contributed by atoms with van der Waals surface area (Å²) in [5.74, 6) is -0.00278. The van der Waals surface area contributed by atoms with Gasteiger partial charge in [0, 0.05) is 53.1 Å². The lowest BCUT2D eigenvalue weighted by Crippen LogP contribution is -2.48. The number of H-pyrrole nitrogens is 1. The number of nitrogens with zero attached hydrogens (tertiary/aromatic N) is 3. The average Bonchev–Trinajstić information content (AvgIpc) is 3.30. The third-order valence-corrected chi connectivity index (χ3v) is 7.00. The number of aromatic amines is 1. The van der Waals surface area contributed by atoms with E-state index in [4.69, 9.17) is 11.6 Å². The molecule has 1 N–H and O–H groups in total. The van der Waals surface area contributed by atoms with E-state index >= 15 is 0 Å². The van der Waals surface area contributed by atoms with Crippen LogP contribution in [0.1, 0.15) is 15.4 Å². The van der Waals surface area contributed by atoms with Crippen molar-refractivity contribution < 1.29 is 4.79 Å². The van der Waals surface area contributed by atoms with Crippen LogP contribution < -0.4 is 0 Å². The minimum atomic E-state index is -0.00278. The van der Waals surface area contributed by atoms with Gasteiger partial charge >= 0.3 is 0 Å². The number of carbonyl (C=O) groups excluding carboxylic acids is 1. The van der Waals surface area contributed by atoms with Crippen LogP contribution in [0.15, 0.2) is 48.5 Å². The summed E-state index contributed by atoms with van der Waals surface area (Å²) >= 11 is 8.34. The fraction of sp³-hybridized carbons (Fsp3) is 0.238. The molecule has 1 saturated heterocycles. The second kappa shape index (κ2) is 7.20. The zero-order valence-electron chi connectivity index (χ0n) is 15.2. The summed E-state index contributed by atoms with van der Waals surface area (Å²) in [6.45, 7) is 3.88. The second-order valence-electron chi connectivity index (χ2n) is 7.02. The molecule has 1 aliphatic heterocycles. The van der Waals surface area contributed by atoms with Gasteiger partial charge in [-0.15, -0.1) is 11.3 Å². The summed E-state index contributed by atoms with van der Waals surface area (Å²) in [6.07, 6.45) is 0. The van der Waals surface area contributed by atoms with Gasteiger partial charge in [0.15, 0.2) is 5.69 Å². The van der Waals surface area contributed by atoms with E-state index in [1.165, 1.54) is 9.58 Å². The molecule has 0 radical (unpaired) electrons. The minimum absolute atomic E-state index is 0.00278. The van der Waals surface area contributed by atoms with Crippen molar-refractivity contribution >= 4 is 49.8 Å². The third-order valence-electron chi connectivity index (χ3n) is 5.30. The van der Waals surface area contributed by atoms with Crippen LogP contribution in [-0.4, -0.2) is 52.1 Å². The summed E-state index contributed by atoms with van der Waals surface area (Å²) in [5, 5.41) is 10.1. The fourth-order valence-corrected chi connectivity index (χ4v) is 5.29. The maximum Gasteiger partial charge on any atom is 0.275 e. The van der Waals surface area contributed by atoms with Gasteiger partial charge < -0.3 is 4.90 Å². The van der Waals surface area contributed by atoms with E-state index in [1.54, 1.807) is 11.3 Å². The van der Waals surface area contributed by atoms with E-state index in [1.807, 2.05) is 41.3 Å². The number of hydrogen-bond acceptors (Lipinski definition) is 4. The monoisotopic (exact) mass is 410 g/mol. The number of piperazine rings is 1. The molecule has 7 heteroatoms. The number of benzene rings is 2. The molecule has 142 valence electrons. The average molecular weight is 411 g/mol. The van der Waals surface area contributed by atoms with Crippen LogP contribution in [-0.2, 0) is 6.54 Å². The largest absolute Gasteiger partial charge is 0.335 e. The Kier molecular flexibility index (Phi) is 4.55. The standard InChI is InChI=1S/C21H19ClN4OS/c22-19-15-6-2-4-8-17(15)28-18(19)13-25-9-11-26(12-10-25)21(27)20-14-5-1-3-7-16(14)23-24-20/h1-8H,9-13H2,(H,23,24). The Morgan fingerprint density at radius 1 is 1.04 bits per heavy atom. The number of nitrogens with one attached hydrogen (secondary N) is 1. The molecule has 0 atom stereocenters. The van der Waals surface area contributed by atoms with Gasteiger partial charge in [0.25, 0.3) is 5.91 Å². The number of amides is 1. The molecule has 0 bridgehead atoms. The smallest absolute Gasteiger partial charge is 0.275 e. The number of fused-ring (bicyclic) bond motifs is 2. The second-order valence-corrected chi connectivity index (χ2v) is 8.54. The molecular weight excluding hydrogens is 392 g/mol. The van der Waals surface area contributed by atoms with E-state index in [0.717, 1.165) is 40.9 Å². The number of rotatable bonds is 3. The summed E-state index contributed by atoms with van der Waals surface area (Å²) in [6, 6.07) is 16.0. The number of aromatic nitrogens is 2. The Hall–Kier alpha value is -2.41. The third kappa shape index (κ3) is 3.07. The molecule has 2 aromatic heterocycles. The van der Waals surface area contributed by atoms with Crippen LogP contribution in [0.25, 0.3) is 21.0 Å². The highest BCUT2D eigenvalue weighted by Gasteiger charge is 2.26. The van der Waals surface area contributed by atoms with E-state index in [-0.39, 0.29) is 5.91 Å². The molecule has 5 nitrogen and oxygen atoms in total. The van der Waals surface area contributed by atoms with E-state index in [0.29, 0.717) is 18.8 Å². The first-order valence-electron chi connectivity index (χ1n) is 9.31. The van der Waals surface area contributed by atoms with Crippen molar-refractivity contribution in [3.8, 4) is 0 Å². The van der Waals surface area contributed by atoms with Crippen molar-refractivity contribution in [1.82, 2.24) is 20.0 Å². The van der Waals surface area contributed by atoms with Crippen molar-refractivity contribution in [3.63, 3.8) is 0 Å². The number of halogens is 1. The molecule has 4 aromatic rings. The van der Waals surface area contributed by atoms with Crippen LogP contribution in [0.3, 0.4) is 0 Å². The maximum absolute atomic E-state index is 12.9. The molecule has 0 aliphatic carbocycles. The lowest BCUT2D eigenvalue weighted by Gasteiger charge is -2.34. The fourth-order valence-electron chi connectivity index (χ4n) is 3.75. The first-order valence-corrected chi connectivity index (χ1v) is 10.5. The van der Waals surface area contributed by atoms with Crippen molar-refractivity contribution in [1.29, 1.82) is 0 Å². The van der Waals surface area contributed by atoms with Gasteiger partial charge in [-0.2, -0.15) is 5.10 Å². The molecule has 28 heavy (non-hydrogen) atoms. The first kappa shape index (κ1) is 17.7. The van der Waals surface area contributed by atoms with Crippen molar-refractivity contribution in [3.05, 3.63) is 64.1 Å². The predicted octanol–water partition coefficient (Wildman–Crippen LogP) is 4.39. The van der Waals surface area contributed by atoms with Crippen LogP contribution in [0.4, 0.5) is 0 Å². The minimum Gasteiger partial charge on any atom is -0.335 e. The molecule has 1 amide bonds. The first-order chi connectivity index (χ1) is 13.7. The molecule has 0 saturated carbocycles. The van der Waals surface area contributed by atoms with Gasteiger partial charge in [-0.05, 0) is 12.1 Å². The molecule has 2 aromatic carbocycles. The molecule has 1 fully saturated rings. The van der Waals surface area contributed by atoms with Gasteiger partial charge in [-0.3, -0.25) is 14.8 Å². The SMILES string of the molecule is O=C(c1n[nH]c2ccccc12)N1CCN(Cc2sc3ccccc3c2Cl)CC1. The number of hydrogen-bond donors (Lipinski definition) is 1. The highest BCUT2D eigenvalue weighted by Crippen LogP contribution is 2.36. The number of para-hydroxylation sites is 1. The van der Waals surface area contributed by atoms with Crippen molar-refractivity contribution in [2.75, 3.05) is 26.2 Å². The maximum atomic E-state index is 12.9. The van der Waals surface area contributed by atoms with Gasteiger partial charge in [0.2, 0.25) is 0 Å². The van der Waals surface area contributed by atoms with Crippen LogP contribution in [0.5, 0.6) is 0 Å². The quantitative estimate of drug-likeness (QED) is 0.545. The van der Waals surface area contributed by atoms with Crippen LogP contribution in [0.2, 0.25) is 5.02 Å². The van der Waals surface area contributed by atoms with Gasteiger partial charge in [-0.25, -0.2) is 0 Å². The van der Waals surface area contributed by atoms with Crippen molar-refractivity contribution in [2.45, 2.75) is 6.54 Å².